The number of benzene rings is 1. The summed E-state index contributed by atoms with van der Waals surface area (Å²) in [4.78, 5) is 16.4. The molecule has 0 aromatic heterocycles. The molecular weight excluding hydrogens is 272 g/mol. The van der Waals surface area contributed by atoms with Gasteiger partial charge in [0.05, 0.1) is 17.4 Å². The predicted octanol–water partition coefficient (Wildman–Crippen LogP) is 2.84. The first kappa shape index (κ1) is 14.7. The van der Waals surface area contributed by atoms with Crippen LogP contribution < -0.4 is 5.32 Å². The summed E-state index contributed by atoms with van der Waals surface area (Å²) < 4.78 is 0. The van der Waals surface area contributed by atoms with Gasteiger partial charge in [0.25, 0.3) is 5.91 Å². The van der Waals surface area contributed by atoms with Crippen LogP contribution in [-0.2, 0) is 4.79 Å². The van der Waals surface area contributed by atoms with Gasteiger partial charge in [-0.05, 0) is 37.5 Å². The van der Waals surface area contributed by atoms with Crippen LogP contribution in [0.25, 0.3) is 0 Å². The van der Waals surface area contributed by atoms with Gasteiger partial charge in [-0.25, -0.2) is 0 Å². The van der Waals surface area contributed by atoms with Crippen LogP contribution in [0.1, 0.15) is 13.3 Å². The van der Waals surface area contributed by atoms with E-state index in [0.717, 1.165) is 17.9 Å². The van der Waals surface area contributed by atoms with Crippen molar-refractivity contribution < 1.29 is 9.90 Å². The Labute approximate surface area is 123 Å². The molecule has 0 saturated carbocycles. The number of hydrogen-bond acceptors (Lipinski definition) is 4. The number of amides is 1. The average molecular weight is 290 g/mol. The number of aliphatic imine (C=N–C) groups is 1. The van der Waals surface area contributed by atoms with Crippen LogP contribution in [0.5, 0.6) is 0 Å². The Morgan fingerprint density at radius 1 is 1.40 bits per heavy atom. The summed E-state index contributed by atoms with van der Waals surface area (Å²) in [6, 6.07) is 9.11. The number of para-hydroxylation sites is 1. The van der Waals surface area contributed by atoms with E-state index in [1.807, 2.05) is 36.6 Å². The van der Waals surface area contributed by atoms with Gasteiger partial charge in [0.15, 0.2) is 0 Å². The van der Waals surface area contributed by atoms with Gasteiger partial charge in [-0.2, -0.15) is 11.8 Å². The molecular formula is C15H18N2O2S. The van der Waals surface area contributed by atoms with Crippen LogP contribution >= 0.6 is 11.8 Å². The molecule has 2 rings (SSSR count). The molecule has 0 unspecified atom stereocenters. The Hall–Kier alpha value is -1.75. The number of carbonyl (C=O) groups excluding carboxylic acids is 1. The lowest BCUT2D eigenvalue weighted by Crippen LogP contribution is -2.29. The van der Waals surface area contributed by atoms with Crippen molar-refractivity contribution in [3.05, 3.63) is 41.7 Å². The Morgan fingerprint density at radius 3 is 2.75 bits per heavy atom. The number of carbonyl (C=O) groups is 1. The normalized spacial score (nSPS) is 19.4. The van der Waals surface area contributed by atoms with Gasteiger partial charge in [-0.15, -0.1) is 0 Å². The molecule has 5 heteroatoms. The molecule has 20 heavy (non-hydrogen) atoms. The summed E-state index contributed by atoms with van der Waals surface area (Å²) in [7, 11) is 0. The van der Waals surface area contributed by atoms with E-state index in [9.17, 15) is 9.90 Å². The highest BCUT2D eigenvalue weighted by molar-refractivity contribution is 7.98. The molecule has 106 valence electrons. The van der Waals surface area contributed by atoms with Crippen LogP contribution in [0.3, 0.4) is 0 Å². The molecule has 0 radical (unpaired) electrons. The summed E-state index contributed by atoms with van der Waals surface area (Å²) in [5, 5.41) is 13.0. The maximum Gasteiger partial charge on any atom is 0.257 e. The first-order valence-electron chi connectivity index (χ1n) is 6.47. The van der Waals surface area contributed by atoms with Crippen molar-refractivity contribution in [3.8, 4) is 0 Å². The summed E-state index contributed by atoms with van der Waals surface area (Å²) in [5.41, 5.74) is 1.61. The van der Waals surface area contributed by atoms with E-state index in [2.05, 4.69) is 10.3 Å². The van der Waals surface area contributed by atoms with Crippen LogP contribution in [-0.4, -0.2) is 34.8 Å². The number of rotatable bonds is 5. The van der Waals surface area contributed by atoms with E-state index >= 15 is 0 Å². The van der Waals surface area contributed by atoms with Crippen molar-refractivity contribution in [2.45, 2.75) is 19.4 Å². The number of nitrogens with zero attached hydrogens (tertiary/aromatic N) is 1. The van der Waals surface area contributed by atoms with Crippen molar-refractivity contribution in [3.63, 3.8) is 0 Å². The van der Waals surface area contributed by atoms with E-state index in [4.69, 9.17) is 0 Å². The van der Waals surface area contributed by atoms with Crippen molar-refractivity contribution in [1.82, 2.24) is 5.32 Å². The molecule has 0 aliphatic carbocycles. The van der Waals surface area contributed by atoms with Gasteiger partial charge in [-0.3, -0.25) is 9.79 Å². The summed E-state index contributed by atoms with van der Waals surface area (Å²) >= 11 is 1.69. The maximum absolute atomic E-state index is 12.0. The van der Waals surface area contributed by atoms with Crippen molar-refractivity contribution in [2.75, 3.05) is 12.0 Å². The van der Waals surface area contributed by atoms with Crippen LogP contribution in [0.2, 0.25) is 0 Å². The molecule has 2 N–H and O–H groups in total. The zero-order valence-corrected chi connectivity index (χ0v) is 12.4. The molecule has 0 bridgehead atoms. The monoisotopic (exact) mass is 290 g/mol. The zero-order valence-electron chi connectivity index (χ0n) is 11.6. The SMILES string of the molecule is CSCC[C@@H]1NC(=O)C(C(C)=Nc2ccccc2)=C1O. The number of aliphatic hydroxyl groups excluding tert-OH is 1. The second kappa shape index (κ2) is 6.61. The predicted molar refractivity (Wildman–Crippen MR) is 83.8 cm³/mol. The fourth-order valence-corrected chi connectivity index (χ4v) is 2.61. The third-order valence-electron chi connectivity index (χ3n) is 3.14. The molecule has 1 aliphatic heterocycles. The number of thioether (sulfide) groups is 1. The number of nitrogens with one attached hydrogen (secondary N) is 1. The average Bonchev–Trinajstić information content (AvgIpc) is 2.72. The lowest BCUT2D eigenvalue weighted by Gasteiger charge is -2.09. The summed E-state index contributed by atoms with van der Waals surface area (Å²) in [6.07, 6.45) is 2.72. The van der Waals surface area contributed by atoms with E-state index in [1.165, 1.54) is 0 Å². The molecule has 0 spiro atoms. The van der Waals surface area contributed by atoms with Gasteiger partial charge in [0.2, 0.25) is 0 Å². The van der Waals surface area contributed by atoms with Gasteiger partial charge in [0, 0.05) is 0 Å². The highest BCUT2D eigenvalue weighted by Gasteiger charge is 2.32. The highest BCUT2D eigenvalue weighted by Crippen LogP contribution is 2.22. The molecule has 1 aliphatic rings. The third-order valence-corrected chi connectivity index (χ3v) is 3.79. The van der Waals surface area contributed by atoms with Crippen LogP contribution in [0, 0.1) is 0 Å². The summed E-state index contributed by atoms with van der Waals surface area (Å²) in [6.45, 7) is 1.75. The standard InChI is InChI=1S/C15H18N2O2S/c1-10(16-11-6-4-3-5-7-11)13-14(18)12(8-9-20-2)17-15(13)19/h3-7,12,18H,8-9H2,1-2H3,(H,17,19)/t12-/m0/s1. The Morgan fingerprint density at radius 2 is 2.10 bits per heavy atom. The zero-order chi connectivity index (χ0) is 14.5. The van der Waals surface area contributed by atoms with Gasteiger partial charge < -0.3 is 10.4 Å². The van der Waals surface area contributed by atoms with E-state index in [1.54, 1.807) is 18.7 Å². The lowest BCUT2D eigenvalue weighted by atomic mass is 10.1. The maximum atomic E-state index is 12.0. The Balaban J connectivity index is 2.24. The quantitative estimate of drug-likeness (QED) is 0.820. The van der Waals surface area contributed by atoms with Crippen molar-refractivity contribution in [1.29, 1.82) is 0 Å². The summed E-state index contributed by atoms with van der Waals surface area (Å²) in [5.74, 6) is 0.754. The minimum Gasteiger partial charge on any atom is -0.509 e. The van der Waals surface area contributed by atoms with Gasteiger partial charge >= 0.3 is 0 Å². The fourth-order valence-electron chi connectivity index (χ4n) is 2.14. The van der Waals surface area contributed by atoms with Crippen molar-refractivity contribution >= 4 is 29.1 Å². The topological polar surface area (TPSA) is 61.7 Å². The molecule has 1 atom stereocenters. The third kappa shape index (κ3) is 3.22. The smallest absolute Gasteiger partial charge is 0.257 e. The largest absolute Gasteiger partial charge is 0.509 e. The Kier molecular flexibility index (Phi) is 4.84. The highest BCUT2D eigenvalue weighted by atomic mass is 32.2. The first-order valence-corrected chi connectivity index (χ1v) is 7.86. The molecule has 1 amide bonds. The second-order valence-corrected chi connectivity index (χ2v) is 5.59. The minimum absolute atomic E-state index is 0.112. The molecule has 1 aromatic rings. The molecule has 0 saturated heterocycles. The van der Waals surface area contributed by atoms with Crippen LogP contribution in [0.4, 0.5) is 5.69 Å². The molecule has 1 aromatic carbocycles. The van der Waals surface area contributed by atoms with E-state index in [-0.39, 0.29) is 17.7 Å². The first-order chi connectivity index (χ1) is 9.63. The van der Waals surface area contributed by atoms with E-state index in [0.29, 0.717) is 11.3 Å². The number of aliphatic hydroxyl groups is 1. The Bertz CT molecular complexity index is 552. The lowest BCUT2D eigenvalue weighted by molar-refractivity contribution is -0.116. The van der Waals surface area contributed by atoms with Crippen molar-refractivity contribution in [2.24, 2.45) is 4.99 Å². The second-order valence-electron chi connectivity index (χ2n) is 4.60. The molecule has 0 fully saturated rings. The number of hydrogen-bond donors (Lipinski definition) is 2. The molecule has 1 heterocycles. The minimum atomic E-state index is -0.286. The molecule has 4 nitrogen and oxygen atoms in total. The van der Waals surface area contributed by atoms with Crippen LogP contribution in [0.15, 0.2) is 46.7 Å². The van der Waals surface area contributed by atoms with E-state index < -0.39 is 0 Å². The fraction of sp³-hybridized carbons (Fsp3) is 0.333. The van der Waals surface area contributed by atoms with Gasteiger partial charge in [-0.1, -0.05) is 18.2 Å². The van der Waals surface area contributed by atoms with Gasteiger partial charge in [0.1, 0.15) is 11.3 Å².